The molecule has 2 rings (SSSR count). The normalized spacial score (nSPS) is 10.2. The van der Waals surface area contributed by atoms with E-state index in [1.807, 2.05) is 37.3 Å². The van der Waals surface area contributed by atoms with Crippen molar-refractivity contribution in [3.05, 3.63) is 63.9 Å². The third-order valence-corrected chi connectivity index (χ3v) is 3.51. The van der Waals surface area contributed by atoms with Crippen molar-refractivity contribution in [3.63, 3.8) is 0 Å². The van der Waals surface area contributed by atoms with Gasteiger partial charge in [-0.05, 0) is 30.2 Å². The molecule has 86 valence electrons. The van der Waals surface area contributed by atoms with Gasteiger partial charge >= 0.3 is 0 Å². The molecule has 1 heterocycles. The van der Waals surface area contributed by atoms with Gasteiger partial charge in [-0.15, -0.1) is 0 Å². The second-order valence-corrected chi connectivity index (χ2v) is 4.73. The molecule has 17 heavy (non-hydrogen) atoms. The lowest BCUT2D eigenvalue weighted by Crippen LogP contribution is -2.06. The Labute approximate surface area is 109 Å². The van der Waals surface area contributed by atoms with E-state index in [1.54, 1.807) is 12.4 Å². The Morgan fingerprint density at radius 2 is 2.12 bits per heavy atom. The zero-order valence-electron chi connectivity index (χ0n) is 9.48. The number of ketones is 1. The minimum Gasteiger partial charge on any atom is -0.294 e. The SMILES string of the molecule is Cc1c(Br)cccc1C(=O)Cc1cccnc1. The Kier molecular flexibility index (Phi) is 3.69. The Morgan fingerprint density at radius 1 is 1.29 bits per heavy atom. The smallest absolute Gasteiger partial charge is 0.167 e. The molecule has 0 unspecified atom stereocenters. The maximum absolute atomic E-state index is 12.1. The average molecular weight is 290 g/mol. The number of benzene rings is 1. The number of hydrogen-bond acceptors (Lipinski definition) is 2. The Morgan fingerprint density at radius 3 is 2.82 bits per heavy atom. The summed E-state index contributed by atoms with van der Waals surface area (Å²) in [6, 6.07) is 9.44. The lowest BCUT2D eigenvalue weighted by molar-refractivity contribution is 0.0992. The van der Waals surface area contributed by atoms with Gasteiger partial charge in [-0.25, -0.2) is 0 Å². The standard InChI is InChI=1S/C14H12BrNO/c1-10-12(5-2-6-13(10)15)14(17)8-11-4-3-7-16-9-11/h2-7,9H,8H2,1H3. The number of carbonyl (C=O) groups is 1. The van der Waals surface area contributed by atoms with Gasteiger partial charge < -0.3 is 0 Å². The predicted octanol–water partition coefficient (Wildman–Crippen LogP) is 3.58. The highest BCUT2D eigenvalue weighted by molar-refractivity contribution is 9.10. The molecule has 0 atom stereocenters. The summed E-state index contributed by atoms with van der Waals surface area (Å²) in [5.74, 6) is 0.122. The summed E-state index contributed by atoms with van der Waals surface area (Å²) in [5.41, 5.74) is 2.70. The van der Waals surface area contributed by atoms with Gasteiger partial charge in [-0.2, -0.15) is 0 Å². The summed E-state index contributed by atoms with van der Waals surface area (Å²) < 4.78 is 0.967. The van der Waals surface area contributed by atoms with E-state index in [0.29, 0.717) is 6.42 Å². The lowest BCUT2D eigenvalue weighted by atomic mass is 10.0. The Balaban J connectivity index is 2.24. The first-order valence-electron chi connectivity index (χ1n) is 5.35. The van der Waals surface area contributed by atoms with E-state index in [1.165, 1.54) is 0 Å². The van der Waals surface area contributed by atoms with Crippen LogP contribution in [0, 0.1) is 6.92 Å². The van der Waals surface area contributed by atoms with Crippen molar-refractivity contribution in [2.45, 2.75) is 13.3 Å². The van der Waals surface area contributed by atoms with Crippen LogP contribution in [-0.2, 0) is 6.42 Å². The fraction of sp³-hybridized carbons (Fsp3) is 0.143. The van der Waals surface area contributed by atoms with Crippen molar-refractivity contribution in [2.75, 3.05) is 0 Å². The highest BCUT2D eigenvalue weighted by Gasteiger charge is 2.11. The zero-order valence-corrected chi connectivity index (χ0v) is 11.1. The van der Waals surface area contributed by atoms with Crippen molar-refractivity contribution in [3.8, 4) is 0 Å². The monoisotopic (exact) mass is 289 g/mol. The largest absolute Gasteiger partial charge is 0.294 e. The van der Waals surface area contributed by atoms with Gasteiger partial charge in [-0.3, -0.25) is 9.78 Å². The molecule has 0 saturated heterocycles. The van der Waals surface area contributed by atoms with Crippen LogP contribution in [0.2, 0.25) is 0 Å². The van der Waals surface area contributed by atoms with Crippen LogP contribution in [-0.4, -0.2) is 10.8 Å². The second-order valence-electron chi connectivity index (χ2n) is 3.87. The van der Waals surface area contributed by atoms with Gasteiger partial charge in [-0.1, -0.05) is 34.1 Å². The molecule has 2 aromatic rings. The van der Waals surface area contributed by atoms with Gasteiger partial charge in [0.05, 0.1) is 0 Å². The van der Waals surface area contributed by atoms with Crippen molar-refractivity contribution < 1.29 is 4.79 Å². The van der Waals surface area contributed by atoms with Crippen LogP contribution in [0.1, 0.15) is 21.5 Å². The van der Waals surface area contributed by atoms with Crippen molar-refractivity contribution in [1.82, 2.24) is 4.98 Å². The molecule has 3 heteroatoms. The first-order chi connectivity index (χ1) is 8.18. The minimum atomic E-state index is 0.122. The van der Waals surface area contributed by atoms with Crippen LogP contribution in [0.5, 0.6) is 0 Å². The number of nitrogens with zero attached hydrogens (tertiary/aromatic N) is 1. The number of Topliss-reactive ketones (excluding diaryl/α,β-unsaturated/α-hetero) is 1. The molecule has 0 amide bonds. The van der Waals surface area contributed by atoms with Crippen LogP contribution in [0.15, 0.2) is 47.2 Å². The van der Waals surface area contributed by atoms with Crippen LogP contribution >= 0.6 is 15.9 Å². The summed E-state index contributed by atoms with van der Waals surface area (Å²) in [6.07, 6.45) is 3.83. The molecule has 0 fully saturated rings. The van der Waals surface area contributed by atoms with Crippen molar-refractivity contribution >= 4 is 21.7 Å². The maximum Gasteiger partial charge on any atom is 0.167 e. The predicted molar refractivity (Wildman–Crippen MR) is 71.2 cm³/mol. The van der Waals surface area contributed by atoms with Crippen molar-refractivity contribution in [2.24, 2.45) is 0 Å². The van der Waals surface area contributed by atoms with E-state index in [2.05, 4.69) is 20.9 Å². The van der Waals surface area contributed by atoms with E-state index in [4.69, 9.17) is 0 Å². The molecule has 0 aliphatic carbocycles. The van der Waals surface area contributed by atoms with Gasteiger partial charge in [0.1, 0.15) is 0 Å². The highest BCUT2D eigenvalue weighted by Crippen LogP contribution is 2.20. The molecule has 0 saturated carbocycles. The molecular weight excluding hydrogens is 278 g/mol. The van der Waals surface area contributed by atoms with E-state index in [-0.39, 0.29) is 5.78 Å². The number of pyridine rings is 1. The molecule has 1 aromatic heterocycles. The number of hydrogen-bond donors (Lipinski definition) is 0. The van der Waals surface area contributed by atoms with Gasteiger partial charge in [0.15, 0.2) is 5.78 Å². The van der Waals surface area contributed by atoms with E-state index >= 15 is 0 Å². The van der Waals surface area contributed by atoms with Crippen molar-refractivity contribution in [1.29, 1.82) is 0 Å². The number of rotatable bonds is 3. The van der Waals surface area contributed by atoms with Crippen LogP contribution in [0.4, 0.5) is 0 Å². The first kappa shape index (κ1) is 12.0. The van der Waals surface area contributed by atoms with Crippen LogP contribution in [0.3, 0.4) is 0 Å². The van der Waals surface area contributed by atoms with E-state index in [9.17, 15) is 4.79 Å². The van der Waals surface area contributed by atoms with Crippen LogP contribution < -0.4 is 0 Å². The number of aromatic nitrogens is 1. The van der Waals surface area contributed by atoms with Gasteiger partial charge in [0.25, 0.3) is 0 Å². The summed E-state index contributed by atoms with van der Waals surface area (Å²) >= 11 is 3.44. The van der Waals surface area contributed by atoms with Gasteiger partial charge in [0, 0.05) is 28.9 Å². The second kappa shape index (κ2) is 5.23. The van der Waals surface area contributed by atoms with E-state index < -0.39 is 0 Å². The highest BCUT2D eigenvalue weighted by atomic mass is 79.9. The molecule has 0 radical (unpaired) electrons. The minimum absolute atomic E-state index is 0.122. The Hall–Kier alpha value is -1.48. The maximum atomic E-state index is 12.1. The first-order valence-corrected chi connectivity index (χ1v) is 6.15. The third kappa shape index (κ3) is 2.80. The average Bonchev–Trinajstić information content (AvgIpc) is 2.34. The molecule has 0 spiro atoms. The van der Waals surface area contributed by atoms with E-state index in [0.717, 1.165) is 21.2 Å². The molecule has 0 bridgehead atoms. The molecule has 0 aliphatic rings. The molecule has 0 aliphatic heterocycles. The quantitative estimate of drug-likeness (QED) is 0.809. The summed E-state index contributed by atoms with van der Waals surface area (Å²) in [6.45, 7) is 1.94. The number of halogens is 1. The fourth-order valence-corrected chi connectivity index (χ4v) is 2.06. The fourth-order valence-electron chi connectivity index (χ4n) is 1.69. The lowest BCUT2D eigenvalue weighted by Gasteiger charge is -2.06. The molecule has 2 nitrogen and oxygen atoms in total. The van der Waals surface area contributed by atoms with Crippen LogP contribution in [0.25, 0.3) is 0 Å². The zero-order chi connectivity index (χ0) is 12.3. The molecule has 0 N–H and O–H groups in total. The number of carbonyl (C=O) groups excluding carboxylic acids is 1. The van der Waals surface area contributed by atoms with Gasteiger partial charge in [0.2, 0.25) is 0 Å². The topological polar surface area (TPSA) is 30.0 Å². The summed E-state index contributed by atoms with van der Waals surface area (Å²) in [7, 11) is 0. The summed E-state index contributed by atoms with van der Waals surface area (Å²) in [4.78, 5) is 16.1. The molecular formula is C14H12BrNO. The third-order valence-electron chi connectivity index (χ3n) is 2.66. The Bertz CT molecular complexity index is 537. The summed E-state index contributed by atoms with van der Waals surface area (Å²) in [5, 5.41) is 0. The molecule has 1 aromatic carbocycles.